The summed E-state index contributed by atoms with van der Waals surface area (Å²) >= 11 is 0. The molecular formula is C11H12N2O6. The lowest BCUT2D eigenvalue weighted by molar-refractivity contribution is -0.394. The second-order valence-electron chi connectivity index (χ2n) is 3.88. The Morgan fingerprint density at radius 1 is 1.21 bits per heavy atom. The molecule has 0 N–H and O–H groups in total. The Hall–Kier alpha value is -2.51. The summed E-state index contributed by atoms with van der Waals surface area (Å²) < 4.78 is 4.97. The van der Waals surface area contributed by atoms with Crippen molar-refractivity contribution in [1.29, 1.82) is 0 Å². The first-order valence-electron chi connectivity index (χ1n) is 5.50. The predicted octanol–water partition coefficient (Wildman–Crippen LogP) is 2.46. The number of nitro groups is 2. The first-order chi connectivity index (χ1) is 8.85. The quantitative estimate of drug-likeness (QED) is 0.460. The van der Waals surface area contributed by atoms with Gasteiger partial charge < -0.3 is 4.74 Å². The lowest BCUT2D eigenvalue weighted by Crippen LogP contribution is -2.14. The van der Waals surface area contributed by atoms with E-state index in [0.29, 0.717) is 6.42 Å². The zero-order valence-electron chi connectivity index (χ0n) is 10.4. The average molecular weight is 268 g/mol. The molecule has 0 aromatic heterocycles. The first-order valence-corrected chi connectivity index (χ1v) is 5.50. The minimum atomic E-state index is -0.818. The number of non-ortho nitro benzene ring substituents is 2. The molecule has 0 heterocycles. The smallest absolute Gasteiger partial charge is 0.338 e. The summed E-state index contributed by atoms with van der Waals surface area (Å²) in [6, 6.07) is 2.70. The molecule has 1 aromatic rings. The van der Waals surface area contributed by atoms with Crippen LogP contribution in [-0.2, 0) is 4.74 Å². The lowest BCUT2D eigenvalue weighted by Gasteiger charge is -2.10. The second kappa shape index (κ2) is 5.89. The van der Waals surface area contributed by atoms with Gasteiger partial charge in [0, 0.05) is 12.1 Å². The molecular weight excluding hydrogens is 256 g/mol. The van der Waals surface area contributed by atoms with Crippen LogP contribution in [0.3, 0.4) is 0 Å². The minimum absolute atomic E-state index is 0.207. The average Bonchev–Trinajstić information content (AvgIpc) is 2.37. The molecule has 0 radical (unpaired) electrons. The van der Waals surface area contributed by atoms with Crippen molar-refractivity contribution in [2.45, 2.75) is 26.4 Å². The van der Waals surface area contributed by atoms with E-state index in [4.69, 9.17) is 4.74 Å². The first kappa shape index (κ1) is 14.6. The Kier molecular flexibility index (Phi) is 4.51. The molecule has 1 rings (SSSR count). The number of carbonyl (C=O) groups is 1. The van der Waals surface area contributed by atoms with Crippen molar-refractivity contribution >= 4 is 17.3 Å². The van der Waals surface area contributed by atoms with Gasteiger partial charge in [-0.05, 0) is 13.3 Å². The van der Waals surface area contributed by atoms with Gasteiger partial charge in [-0.1, -0.05) is 6.92 Å². The maximum Gasteiger partial charge on any atom is 0.338 e. The number of ether oxygens (including phenoxy) is 1. The van der Waals surface area contributed by atoms with E-state index in [0.717, 1.165) is 18.2 Å². The molecule has 8 nitrogen and oxygen atoms in total. The molecule has 0 spiro atoms. The Labute approximate surface area is 108 Å². The van der Waals surface area contributed by atoms with Crippen LogP contribution in [0.2, 0.25) is 0 Å². The molecule has 0 aliphatic rings. The summed E-state index contributed by atoms with van der Waals surface area (Å²) in [5, 5.41) is 21.3. The summed E-state index contributed by atoms with van der Waals surface area (Å²) in [7, 11) is 0. The van der Waals surface area contributed by atoms with E-state index in [2.05, 4.69) is 0 Å². The molecule has 0 amide bonds. The fourth-order valence-corrected chi connectivity index (χ4v) is 1.26. The van der Waals surface area contributed by atoms with Crippen LogP contribution in [0.25, 0.3) is 0 Å². The minimum Gasteiger partial charge on any atom is -0.459 e. The molecule has 1 aromatic carbocycles. The number of rotatable bonds is 5. The third-order valence-electron chi connectivity index (χ3n) is 2.44. The highest BCUT2D eigenvalue weighted by molar-refractivity contribution is 5.91. The molecule has 102 valence electrons. The SMILES string of the molecule is CCC(C)OC(=O)c1cc([N+](=O)[O-])cc([N+](=O)[O-])c1. The van der Waals surface area contributed by atoms with Crippen LogP contribution in [0.4, 0.5) is 11.4 Å². The van der Waals surface area contributed by atoms with Gasteiger partial charge in [0.25, 0.3) is 11.4 Å². The van der Waals surface area contributed by atoms with E-state index < -0.39 is 27.2 Å². The van der Waals surface area contributed by atoms with E-state index in [1.807, 2.05) is 0 Å². The molecule has 0 aliphatic heterocycles. The highest BCUT2D eigenvalue weighted by Crippen LogP contribution is 2.23. The highest BCUT2D eigenvalue weighted by Gasteiger charge is 2.21. The summed E-state index contributed by atoms with van der Waals surface area (Å²) in [5.41, 5.74) is -1.25. The molecule has 0 fully saturated rings. The Morgan fingerprint density at radius 2 is 1.68 bits per heavy atom. The summed E-state index contributed by atoms with van der Waals surface area (Å²) in [6.07, 6.45) is 0.203. The van der Waals surface area contributed by atoms with Crippen molar-refractivity contribution in [3.05, 3.63) is 44.0 Å². The summed E-state index contributed by atoms with van der Waals surface area (Å²) in [6.45, 7) is 3.46. The monoisotopic (exact) mass is 268 g/mol. The van der Waals surface area contributed by atoms with Gasteiger partial charge in [0.2, 0.25) is 0 Å². The van der Waals surface area contributed by atoms with Gasteiger partial charge in [0.05, 0.1) is 27.6 Å². The van der Waals surface area contributed by atoms with Crippen LogP contribution >= 0.6 is 0 Å². The second-order valence-corrected chi connectivity index (χ2v) is 3.88. The van der Waals surface area contributed by atoms with E-state index in [-0.39, 0.29) is 11.7 Å². The number of nitro benzene ring substituents is 2. The zero-order chi connectivity index (χ0) is 14.6. The number of esters is 1. The number of carbonyl (C=O) groups excluding carboxylic acids is 1. The van der Waals surface area contributed by atoms with Crippen molar-refractivity contribution in [1.82, 2.24) is 0 Å². The van der Waals surface area contributed by atoms with Crippen molar-refractivity contribution < 1.29 is 19.4 Å². The van der Waals surface area contributed by atoms with E-state index >= 15 is 0 Å². The molecule has 1 atom stereocenters. The Balaban J connectivity index is 3.16. The Morgan fingerprint density at radius 3 is 2.05 bits per heavy atom. The van der Waals surface area contributed by atoms with Crippen LogP contribution in [0.1, 0.15) is 30.6 Å². The van der Waals surface area contributed by atoms with Crippen LogP contribution in [0, 0.1) is 20.2 Å². The fourth-order valence-electron chi connectivity index (χ4n) is 1.26. The molecule has 8 heteroatoms. The highest BCUT2D eigenvalue weighted by atomic mass is 16.6. The van der Waals surface area contributed by atoms with Gasteiger partial charge in [-0.3, -0.25) is 20.2 Å². The van der Waals surface area contributed by atoms with Gasteiger partial charge >= 0.3 is 5.97 Å². The molecule has 19 heavy (non-hydrogen) atoms. The molecule has 0 bridgehead atoms. The maximum atomic E-state index is 11.7. The number of hydrogen-bond donors (Lipinski definition) is 0. The van der Waals surface area contributed by atoms with E-state index in [1.165, 1.54) is 0 Å². The zero-order valence-corrected chi connectivity index (χ0v) is 10.4. The maximum absolute atomic E-state index is 11.7. The third kappa shape index (κ3) is 3.73. The van der Waals surface area contributed by atoms with Crippen LogP contribution in [0.5, 0.6) is 0 Å². The van der Waals surface area contributed by atoms with Crippen LogP contribution in [-0.4, -0.2) is 21.9 Å². The largest absolute Gasteiger partial charge is 0.459 e. The number of nitrogens with zero attached hydrogens (tertiary/aromatic N) is 2. The fraction of sp³-hybridized carbons (Fsp3) is 0.364. The number of benzene rings is 1. The van der Waals surface area contributed by atoms with Crippen LogP contribution < -0.4 is 0 Å². The molecule has 1 unspecified atom stereocenters. The predicted molar refractivity (Wildman–Crippen MR) is 64.9 cm³/mol. The van der Waals surface area contributed by atoms with Crippen molar-refractivity contribution in [2.24, 2.45) is 0 Å². The van der Waals surface area contributed by atoms with Crippen molar-refractivity contribution in [3.8, 4) is 0 Å². The summed E-state index contributed by atoms with van der Waals surface area (Å²) in [4.78, 5) is 31.4. The van der Waals surface area contributed by atoms with E-state index in [9.17, 15) is 25.0 Å². The number of hydrogen-bond acceptors (Lipinski definition) is 6. The normalized spacial score (nSPS) is 11.7. The van der Waals surface area contributed by atoms with Gasteiger partial charge in [-0.15, -0.1) is 0 Å². The van der Waals surface area contributed by atoms with Crippen molar-refractivity contribution in [2.75, 3.05) is 0 Å². The molecule has 0 aliphatic carbocycles. The van der Waals surface area contributed by atoms with Gasteiger partial charge in [0.1, 0.15) is 0 Å². The standard InChI is InChI=1S/C11H12N2O6/c1-3-7(2)19-11(14)8-4-9(12(15)16)6-10(5-8)13(17)18/h4-7H,3H2,1-2H3. The molecule has 0 saturated heterocycles. The molecule has 0 saturated carbocycles. The van der Waals surface area contributed by atoms with Gasteiger partial charge in [0.15, 0.2) is 0 Å². The van der Waals surface area contributed by atoms with Gasteiger partial charge in [-0.25, -0.2) is 4.79 Å². The van der Waals surface area contributed by atoms with Gasteiger partial charge in [-0.2, -0.15) is 0 Å². The lowest BCUT2D eigenvalue weighted by atomic mass is 10.1. The summed E-state index contributed by atoms with van der Waals surface area (Å²) in [5.74, 6) is -0.818. The third-order valence-corrected chi connectivity index (χ3v) is 2.44. The topological polar surface area (TPSA) is 113 Å². The Bertz CT molecular complexity index is 496. The van der Waals surface area contributed by atoms with E-state index in [1.54, 1.807) is 13.8 Å². The van der Waals surface area contributed by atoms with Crippen molar-refractivity contribution in [3.63, 3.8) is 0 Å². The van der Waals surface area contributed by atoms with Crippen LogP contribution in [0.15, 0.2) is 18.2 Å².